The zero-order chi connectivity index (χ0) is 18.6. The summed E-state index contributed by atoms with van der Waals surface area (Å²) in [5.74, 6) is -4.37. The van der Waals surface area contributed by atoms with E-state index in [1.54, 1.807) is 0 Å². The minimum absolute atomic E-state index is 0.111. The Hall–Kier alpha value is -2.94. The number of anilines is 2. The van der Waals surface area contributed by atoms with Crippen molar-refractivity contribution in [3.63, 3.8) is 0 Å². The summed E-state index contributed by atoms with van der Waals surface area (Å²) in [6.45, 7) is 0. The van der Waals surface area contributed by atoms with E-state index in [0.29, 0.717) is 0 Å². The molecule has 2 aliphatic rings. The van der Waals surface area contributed by atoms with Gasteiger partial charge in [0.05, 0.1) is 16.4 Å². The van der Waals surface area contributed by atoms with Gasteiger partial charge in [0.15, 0.2) is 23.7 Å². The zero-order valence-corrected chi connectivity index (χ0v) is 13.5. The van der Waals surface area contributed by atoms with Crippen LogP contribution >= 0.6 is 11.6 Å². The predicted molar refractivity (Wildman–Crippen MR) is 85.2 cm³/mol. The van der Waals surface area contributed by atoms with E-state index in [9.17, 15) is 22.8 Å². The highest BCUT2D eigenvalue weighted by atomic mass is 35.5. The SMILES string of the molecule is O=C1[C@H]2N=NN(c3ccc(F)c(Cl)c3)[C@H]2C(=O)N1c1ccc(F)c(F)c1. The summed E-state index contributed by atoms with van der Waals surface area (Å²) in [4.78, 5) is 26.0. The highest BCUT2D eigenvalue weighted by Crippen LogP contribution is 2.36. The maximum atomic E-state index is 13.5. The van der Waals surface area contributed by atoms with Gasteiger partial charge in [-0.1, -0.05) is 16.8 Å². The number of carbonyl (C=O) groups excluding carboxylic acids is 2. The number of amides is 2. The van der Waals surface area contributed by atoms with Gasteiger partial charge in [-0.05, 0) is 30.3 Å². The molecule has 2 aromatic carbocycles. The molecule has 10 heteroatoms. The first kappa shape index (κ1) is 16.5. The Labute approximate surface area is 149 Å². The average Bonchev–Trinajstić information content (AvgIpc) is 3.14. The number of nitrogens with zero attached hydrogens (tertiary/aromatic N) is 4. The minimum atomic E-state index is -1.19. The van der Waals surface area contributed by atoms with Gasteiger partial charge in [0.25, 0.3) is 11.8 Å². The molecule has 0 aliphatic carbocycles. The van der Waals surface area contributed by atoms with Gasteiger partial charge in [-0.15, -0.1) is 0 Å². The van der Waals surface area contributed by atoms with Crippen LogP contribution in [0.2, 0.25) is 5.02 Å². The molecule has 0 aromatic heterocycles. The molecule has 0 saturated carbocycles. The molecule has 0 unspecified atom stereocenters. The lowest BCUT2D eigenvalue weighted by Gasteiger charge is -2.20. The Balaban J connectivity index is 1.71. The maximum absolute atomic E-state index is 13.5. The van der Waals surface area contributed by atoms with Crippen molar-refractivity contribution in [3.05, 3.63) is 58.9 Å². The Morgan fingerprint density at radius 3 is 2.27 bits per heavy atom. The van der Waals surface area contributed by atoms with E-state index >= 15 is 0 Å². The highest BCUT2D eigenvalue weighted by Gasteiger charge is 2.55. The van der Waals surface area contributed by atoms with Crippen molar-refractivity contribution in [2.45, 2.75) is 12.1 Å². The van der Waals surface area contributed by atoms with Gasteiger partial charge in [0.1, 0.15) is 5.82 Å². The molecule has 26 heavy (non-hydrogen) atoms. The second-order valence-corrected chi connectivity index (χ2v) is 6.06. The molecule has 2 amide bonds. The number of rotatable bonds is 2. The second kappa shape index (κ2) is 5.80. The first-order valence-corrected chi connectivity index (χ1v) is 7.74. The van der Waals surface area contributed by atoms with Gasteiger partial charge in [0, 0.05) is 6.07 Å². The van der Waals surface area contributed by atoms with E-state index in [4.69, 9.17) is 11.6 Å². The van der Waals surface area contributed by atoms with Crippen LogP contribution in [0.1, 0.15) is 0 Å². The number of carbonyl (C=O) groups is 2. The Morgan fingerprint density at radius 2 is 1.58 bits per heavy atom. The van der Waals surface area contributed by atoms with Gasteiger partial charge in [-0.25, -0.2) is 23.1 Å². The predicted octanol–water partition coefficient (Wildman–Crippen LogP) is 3.26. The molecule has 2 heterocycles. The molecule has 2 aromatic rings. The molecule has 1 saturated heterocycles. The van der Waals surface area contributed by atoms with Crippen LogP contribution in [0.4, 0.5) is 24.5 Å². The van der Waals surface area contributed by atoms with Gasteiger partial charge < -0.3 is 0 Å². The minimum Gasteiger partial charge on any atom is -0.271 e. The molecule has 1 fully saturated rings. The maximum Gasteiger partial charge on any atom is 0.263 e. The summed E-state index contributed by atoms with van der Waals surface area (Å²) in [6, 6.07) is 4.11. The smallest absolute Gasteiger partial charge is 0.263 e. The fraction of sp³-hybridized carbons (Fsp3) is 0.125. The van der Waals surface area contributed by atoms with E-state index in [-0.39, 0.29) is 16.4 Å². The number of fused-ring (bicyclic) bond motifs is 1. The van der Waals surface area contributed by atoms with Crippen LogP contribution in [-0.2, 0) is 9.59 Å². The van der Waals surface area contributed by atoms with Crippen molar-refractivity contribution in [1.29, 1.82) is 0 Å². The van der Waals surface area contributed by atoms with E-state index in [2.05, 4.69) is 10.3 Å². The quantitative estimate of drug-likeness (QED) is 0.751. The van der Waals surface area contributed by atoms with E-state index < -0.39 is 41.3 Å². The van der Waals surface area contributed by atoms with Crippen molar-refractivity contribution >= 4 is 34.8 Å². The number of benzene rings is 2. The molecule has 0 bridgehead atoms. The lowest BCUT2D eigenvalue weighted by Crippen LogP contribution is -2.40. The molecule has 0 spiro atoms. The summed E-state index contributed by atoms with van der Waals surface area (Å²) in [5, 5.41) is 8.55. The summed E-state index contributed by atoms with van der Waals surface area (Å²) < 4.78 is 39.9. The van der Waals surface area contributed by atoms with Crippen LogP contribution in [0.15, 0.2) is 46.7 Å². The third kappa shape index (κ3) is 2.35. The lowest BCUT2D eigenvalue weighted by molar-refractivity contribution is -0.121. The second-order valence-electron chi connectivity index (χ2n) is 5.65. The molecule has 4 rings (SSSR count). The molecule has 0 N–H and O–H groups in total. The number of halogens is 4. The lowest BCUT2D eigenvalue weighted by atomic mass is 10.1. The topological polar surface area (TPSA) is 65.3 Å². The van der Waals surface area contributed by atoms with Crippen LogP contribution in [0.3, 0.4) is 0 Å². The Morgan fingerprint density at radius 1 is 0.885 bits per heavy atom. The summed E-state index contributed by atoms with van der Waals surface area (Å²) >= 11 is 5.74. The summed E-state index contributed by atoms with van der Waals surface area (Å²) in [6.07, 6.45) is 0. The average molecular weight is 381 g/mol. The largest absolute Gasteiger partial charge is 0.271 e. The monoisotopic (exact) mass is 380 g/mol. The van der Waals surface area contributed by atoms with Crippen molar-refractivity contribution in [2.75, 3.05) is 9.91 Å². The van der Waals surface area contributed by atoms with Crippen LogP contribution in [0, 0.1) is 17.5 Å². The zero-order valence-electron chi connectivity index (χ0n) is 12.7. The van der Waals surface area contributed by atoms with Crippen LogP contribution < -0.4 is 9.91 Å². The molecule has 0 radical (unpaired) electrons. The van der Waals surface area contributed by atoms with Crippen LogP contribution in [-0.4, -0.2) is 23.9 Å². The Kier molecular flexibility index (Phi) is 3.69. The van der Waals surface area contributed by atoms with E-state index in [1.165, 1.54) is 12.1 Å². The first-order chi connectivity index (χ1) is 12.4. The van der Waals surface area contributed by atoms with Gasteiger partial charge in [0.2, 0.25) is 0 Å². The van der Waals surface area contributed by atoms with Crippen LogP contribution in [0.5, 0.6) is 0 Å². The fourth-order valence-corrected chi connectivity index (χ4v) is 3.05. The Bertz CT molecular complexity index is 984. The van der Waals surface area contributed by atoms with Crippen LogP contribution in [0.25, 0.3) is 0 Å². The summed E-state index contributed by atoms with van der Waals surface area (Å²) in [5.41, 5.74) is 0.154. The molecular formula is C16H8ClF3N4O2. The number of hydrogen-bond acceptors (Lipinski definition) is 5. The van der Waals surface area contributed by atoms with Crippen molar-refractivity contribution in [3.8, 4) is 0 Å². The van der Waals surface area contributed by atoms with E-state index in [0.717, 1.165) is 34.2 Å². The molecule has 6 nitrogen and oxygen atoms in total. The number of imide groups is 1. The standard InChI is InChI=1S/C16H8ClF3N4O2/c17-9-5-8(2-3-10(9)18)24-14-13(21-22-24)15(25)23(16(14)26)7-1-4-11(19)12(20)6-7/h1-6,13-14H/t13-,14+/m0/s1. The third-order valence-electron chi connectivity index (χ3n) is 4.11. The normalized spacial score (nSPS) is 21.7. The van der Waals surface area contributed by atoms with Crippen molar-refractivity contribution < 1.29 is 22.8 Å². The van der Waals surface area contributed by atoms with E-state index in [1.807, 2.05) is 0 Å². The first-order valence-electron chi connectivity index (χ1n) is 7.36. The molecule has 2 aliphatic heterocycles. The van der Waals surface area contributed by atoms with Gasteiger partial charge >= 0.3 is 0 Å². The molecular weight excluding hydrogens is 373 g/mol. The highest BCUT2D eigenvalue weighted by molar-refractivity contribution is 6.31. The molecule has 132 valence electrons. The fourth-order valence-electron chi connectivity index (χ4n) is 2.88. The third-order valence-corrected chi connectivity index (χ3v) is 4.40. The van der Waals surface area contributed by atoms with Crippen molar-refractivity contribution in [2.24, 2.45) is 10.3 Å². The van der Waals surface area contributed by atoms with Crippen molar-refractivity contribution in [1.82, 2.24) is 0 Å². The van der Waals surface area contributed by atoms with Gasteiger partial charge in [-0.3, -0.25) is 9.59 Å². The molecule has 2 atom stereocenters. The summed E-state index contributed by atoms with van der Waals surface area (Å²) in [7, 11) is 0. The number of hydrogen-bond donors (Lipinski definition) is 0. The van der Waals surface area contributed by atoms with Gasteiger partial charge in [-0.2, -0.15) is 5.11 Å².